The summed E-state index contributed by atoms with van der Waals surface area (Å²) in [5, 5.41) is 3.74. The van der Waals surface area contributed by atoms with Crippen molar-refractivity contribution in [3.63, 3.8) is 0 Å². The van der Waals surface area contributed by atoms with Crippen LogP contribution in [0.5, 0.6) is 0 Å². The molecule has 0 aliphatic carbocycles. The van der Waals surface area contributed by atoms with Gasteiger partial charge in [0, 0.05) is 23.8 Å². The Hall–Kier alpha value is -1.58. The molecule has 1 N–H and O–H groups in total. The molecule has 1 fully saturated rings. The van der Waals surface area contributed by atoms with Gasteiger partial charge < -0.3 is 10.1 Å². The van der Waals surface area contributed by atoms with Crippen LogP contribution in [0.4, 0.5) is 10.1 Å². The molecular formula is C18H17ClFNO. The molecule has 4 heteroatoms. The van der Waals surface area contributed by atoms with Gasteiger partial charge in [0.15, 0.2) is 0 Å². The Morgan fingerprint density at radius 2 is 1.95 bits per heavy atom. The summed E-state index contributed by atoms with van der Waals surface area (Å²) in [6.07, 6.45) is 1.93. The molecule has 22 heavy (non-hydrogen) atoms. The van der Waals surface area contributed by atoms with E-state index in [0.717, 1.165) is 24.1 Å². The second-order valence-corrected chi connectivity index (χ2v) is 6.33. The van der Waals surface area contributed by atoms with E-state index in [-0.39, 0.29) is 28.9 Å². The standard InChI is InChI=1S/C18H17ClFNO/c19-16-13(20)8-9-14-15(16)18-12(7-4-10-22-18)17(21-14)11-5-2-1-3-6-11/h1-3,5-6,8-9,12,17-18,21H,4,7,10H2/t12-,17+,18-/m1/s1. The number of benzene rings is 2. The average molecular weight is 318 g/mol. The molecule has 0 saturated carbocycles. The van der Waals surface area contributed by atoms with Crippen molar-refractivity contribution in [2.45, 2.75) is 25.0 Å². The fraction of sp³-hybridized carbons (Fsp3) is 0.333. The minimum Gasteiger partial charge on any atom is -0.377 e. The lowest BCUT2D eigenvalue weighted by Crippen LogP contribution is -2.36. The molecule has 2 heterocycles. The number of anilines is 1. The fourth-order valence-corrected chi connectivity index (χ4v) is 3.95. The largest absolute Gasteiger partial charge is 0.377 e. The smallest absolute Gasteiger partial charge is 0.142 e. The summed E-state index contributed by atoms with van der Waals surface area (Å²) < 4.78 is 19.9. The molecule has 3 atom stereocenters. The van der Waals surface area contributed by atoms with Crippen LogP contribution in [0.1, 0.15) is 36.1 Å². The third-order valence-electron chi connectivity index (χ3n) is 4.68. The van der Waals surface area contributed by atoms with Crippen LogP contribution in [0.25, 0.3) is 0 Å². The van der Waals surface area contributed by atoms with E-state index >= 15 is 0 Å². The molecular weight excluding hydrogens is 301 g/mol. The normalized spacial score (nSPS) is 26.7. The van der Waals surface area contributed by atoms with E-state index in [1.807, 2.05) is 18.2 Å². The van der Waals surface area contributed by atoms with E-state index in [2.05, 4.69) is 17.4 Å². The first-order valence-electron chi connectivity index (χ1n) is 7.66. The Morgan fingerprint density at radius 3 is 2.77 bits per heavy atom. The zero-order valence-corrected chi connectivity index (χ0v) is 12.8. The van der Waals surface area contributed by atoms with Crippen LogP contribution < -0.4 is 5.32 Å². The van der Waals surface area contributed by atoms with Crippen LogP contribution in [0.15, 0.2) is 42.5 Å². The minimum atomic E-state index is -0.381. The number of halogens is 2. The maximum absolute atomic E-state index is 13.9. The molecule has 2 aliphatic rings. The zero-order chi connectivity index (χ0) is 15.1. The number of hydrogen-bond acceptors (Lipinski definition) is 2. The minimum absolute atomic E-state index is 0.140. The third-order valence-corrected chi connectivity index (χ3v) is 5.07. The highest BCUT2D eigenvalue weighted by Gasteiger charge is 2.41. The van der Waals surface area contributed by atoms with Crippen LogP contribution in [-0.2, 0) is 4.74 Å². The van der Waals surface area contributed by atoms with Crippen LogP contribution in [0.3, 0.4) is 0 Å². The van der Waals surface area contributed by atoms with Gasteiger partial charge in [-0.2, -0.15) is 0 Å². The molecule has 0 spiro atoms. The summed E-state index contributed by atoms with van der Waals surface area (Å²) in [6, 6.07) is 13.7. The van der Waals surface area contributed by atoms with Gasteiger partial charge in [0.2, 0.25) is 0 Å². The monoisotopic (exact) mass is 317 g/mol. The second kappa shape index (κ2) is 5.56. The van der Waals surface area contributed by atoms with E-state index in [1.165, 1.54) is 11.6 Å². The summed E-state index contributed by atoms with van der Waals surface area (Å²) in [6.45, 7) is 0.703. The Kier molecular flexibility index (Phi) is 3.55. The molecule has 2 aromatic rings. The van der Waals surface area contributed by atoms with Gasteiger partial charge in [-0.3, -0.25) is 0 Å². The Balaban J connectivity index is 1.83. The van der Waals surface area contributed by atoms with Gasteiger partial charge in [0.1, 0.15) is 5.82 Å². The van der Waals surface area contributed by atoms with Gasteiger partial charge >= 0.3 is 0 Å². The summed E-state index contributed by atoms with van der Waals surface area (Å²) in [5.41, 5.74) is 2.89. The zero-order valence-electron chi connectivity index (χ0n) is 12.1. The number of rotatable bonds is 1. The van der Waals surface area contributed by atoms with Crippen LogP contribution in [0, 0.1) is 11.7 Å². The van der Waals surface area contributed by atoms with Gasteiger partial charge in [0.05, 0.1) is 17.2 Å². The maximum atomic E-state index is 13.9. The Morgan fingerprint density at radius 1 is 1.14 bits per heavy atom. The van der Waals surface area contributed by atoms with Crippen molar-refractivity contribution in [1.82, 2.24) is 0 Å². The third kappa shape index (κ3) is 2.20. The summed E-state index contributed by atoms with van der Waals surface area (Å²) in [4.78, 5) is 0. The van der Waals surface area contributed by atoms with Crippen molar-refractivity contribution in [3.05, 3.63) is 64.4 Å². The fourth-order valence-electron chi connectivity index (χ4n) is 3.68. The molecule has 4 rings (SSSR count). The Bertz CT molecular complexity index is 691. The molecule has 0 amide bonds. The predicted molar refractivity (Wildman–Crippen MR) is 85.6 cm³/mol. The molecule has 0 radical (unpaired) electrons. The first-order chi connectivity index (χ1) is 10.8. The highest BCUT2D eigenvalue weighted by molar-refractivity contribution is 6.32. The van der Waals surface area contributed by atoms with Gasteiger partial charge in [-0.1, -0.05) is 41.9 Å². The van der Waals surface area contributed by atoms with Crippen LogP contribution in [0.2, 0.25) is 5.02 Å². The van der Waals surface area contributed by atoms with E-state index in [1.54, 1.807) is 6.07 Å². The average Bonchev–Trinajstić information content (AvgIpc) is 2.58. The molecule has 2 aliphatic heterocycles. The first-order valence-corrected chi connectivity index (χ1v) is 8.04. The number of hydrogen-bond donors (Lipinski definition) is 1. The van der Waals surface area contributed by atoms with Crippen molar-refractivity contribution in [1.29, 1.82) is 0 Å². The number of nitrogens with one attached hydrogen (secondary N) is 1. The summed E-state index contributed by atoms with van der Waals surface area (Å²) >= 11 is 6.23. The topological polar surface area (TPSA) is 21.3 Å². The lowest BCUT2D eigenvalue weighted by atomic mass is 9.77. The van der Waals surface area contributed by atoms with Gasteiger partial charge in [0.25, 0.3) is 0 Å². The quantitative estimate of drug-likeness (QED) is 0.788. The van der Waals surface area contributed by atoms with Crippen molar-refractivity contribution in [2.24, 2.45) is 5.92 Å². The predicted octanol–water partition coefficient (Wildman–Crippen LogP) is 5.11. The highest BCUT2D eigenvalue weighted by atomic mass is 35.5. The van der Waals surface area contributed by atoms with Crippen molar-refractivity contribution >= 4 is 17.3 Å². The molecule has 0 unspecified atom stereocenters. The maximum Gasteiger partial charge on any atom is 0.142 e. The van der Waals surface area contributed by atoms with Crippen LogP contribution in [-0.4, -0.2) is 6.61 Å². The lowest BCUT2D eigenvalue weighted by molar-refractivity contribution is -0.0382. The van der Waals surface area contributed by atoms with E-state index in [9.17, 15) is 4.39 Å². The molecule has 0 aromatic heterocycles. The van der Waals surface area contributed by atoms with Crippen LogP contribution >= 0.6 is 11.6 Å². The van der Waals surface area contributed by atoms with Gasteiger partial charge in [-0.15, -0.1) is 0 Å². The number of fused-ring (bicyclic) bond motifs is 3. The van der Waals surface area contributed by atoms with Crippen molar-refractivity contribution in [2.75, 3.05) is 11.9 Å². The van der Waals surface area contributed by atoms with Gasteiger partial charge in [-0.05, 0) is 30.5 Å². The second-order valence-electron chi connectivity index (χ2n) is 5.95. The number of ether oxygens (including phenoxy) is 1. The first kappa shape index (κ1) is 14.0. The van der Waals surface area contributed by atoms with Crippen molar-refractivity contribution in [3.8, 4) is 0 Å². The molecule has 1 saturated heterocycles. The van der Waals surface area contributed by atoms with E-state index in [4.69, 9.17) is 16.3 Å². The summed E-state index contributed by atoms with van der Waals surface area (Å²) in [7, 11) is 0. The van der Waals surface area contributed by atoms with Crippen molar-refractivity contribution < 1.29 is 9.13 Å². The SMILES string of the molecule is Fc1ccc2c(c1Cl)[C@@H]1OCCC[C@@H]1[C@H](c1ccccc1)N2. The molecule has 2 aromatic carbocycles. The van der Waals surface area contributed by atoms with Gasteiger partial charge in [-0.25, -0.2) is 4.39 Å². The molecule has 114 valence electrons. The highest BCUT2D eigenvalue weighted by Crippen LogP contribution is 2.51. The van der Waals surface area contributed by atoms with E-state index in [0.29, 0.717) is 6.61 Å². The Labute approximate surface area is 134 Å². The van der Waals surface area contributed by atoms with E-state index < -0.39 is 0 Å². The molecule has 0 bridgehead atoms. The molecule has 2 nitrogen and oxygen atoms in total. The lowest BCUT2D eigenvalue weighted by Gasteiger charge is -2.43. The summed E-state index contributed by atoms with van der Waals surface area (Å²) in [5.74, 6) is -0.115.